The highest BCUT2D eigenvalue weighted by molar-refractivity contribution is 6.25. The average Bonchev–Trinajstić information content (AvgIpc) is 3.63. The summed E-state index contributed by atoms with van der Waals surface area (Å²) in [5.41, 5.74) is 7.24. The molecule has 0 amide bonds. The lowest BCUT2D eigenvalue weighted by Gasteiger charge is -2.20. The number of carbonyl (C=O) groups is 3. The molecule has 0 aliphatic carbocycles. The van der Waals surface area contributed by atoms with Crippen molar-refractivity contribution in [2.24, 2.45) is 27.7 Å². The van der Waals surface area contributed by atoms with Gasteiger partial charge in [-0.25, -0.2) is 9.79 Å². The van der Waals surface area contributed by atoms with Crippen molar-refractivity contribution in [2.75, 3.05) is 0 Å². The smallest absolute Gasteiger partial charge is 0.338 e. The van der Waals surface area contributed by atoms with E-state index in [1.165, 1.54) is 0 Å². The molecule has 0 spiro atoms. The van der Waals surface area contributed by atoms with E-state index >= 15 is 0 Å². The fourth-order valence-electron chi connectivity index (χ4n) is 6.85. The summed E-state index contributed by atoms with van der Waals surface area (Å²) in [7, 11) is 0. The third-order valence-corrected chi connectivity index (χ3v) is 9.32. The van der Waals surface area contributed by atoms with Crippen LogP contribution in [0.15, 0.2) is 68.6 Å². The predicted octanol–water partition coefficient (Wildman–Crippen LogP) is 4.01. The summed E-state index contributed by atoms with van der Waals surface area (Å²) in [6.45, 7) is 13.9. The van der Waals surface area contributed by atoms with Gasteiger partial charge in [-0.3, -0.25) is 14.6 Å². The molecule has 0 aromatic carbocycles. The van der Waals surface area contributed by atoms with Crippen LogP contribution in [0.5, 0.6) is 0 Å². The first kappa shape index (κ1) is 30.7. The van der Waals surface area contributed by atoms with Gasteiger partial charge >= 0.3 is 17.9 Å². The van der Waals surface area contributed by atoms with Crippen LogP contribution >= 0.6 is 0 Å². The van der Waals surface area contributed by atoms with Crippen LogP contribution in [-0.4, -0.2) is 55.7 Å². The highest BCUT2D eigenvalue weighted by Crippen LogP contribution is 2.40. The van der Waals surface area contributed by atoms with Crippen molar-refractivity contribution in [3.63, 3.8) is 0 Å². The number of nitrogens with one attached hydrogen (secondary N) is 2. The molecular weight excluding hydrogens is 560 g/mol. The molecule has 5 heterocycles. The number of aromatic amines is 1. The maximum absolute atomic E-state index is 12.7. The second kappa shape index (κ2) is 11.7. The van der Waals surface area contributed by atoms with Crippen molar-refractivity contribution in [3.05, 3.63) is 80.4 Å². The Morgan fingerprint density at radius 2 is 1.75 bits per heavy atom. The average molecular weight is 599 g/mol. The Morgan fingerprint density at radius 3 is 2.36 bits per heavy atom. The number of allylic oxidation sites excluding steroid dienone is 5. The molecule has 10 heteroatoms. The van der Waals surface area contributed by atoms with Crippen LogP contribution in [0.2, 0.25) is 0 Å². The fourth-order valence-corrected chi connectivity index (χ4v) is 6.85. The molecule has 230 valence electrons. The van der Waals surface area contributed by atoms with Crippen LogP contribution in [0.25, 0.3) is 11.6 Å². The fraction of sp³-hybridized carbons (Fsp3) is 0.382. The SMILES string of the molecule is C=CC1=C2/C=C3N=C(/C=c4\[nH]/c(c(C(=O)O)c4C)=C(/CC(=O)O)C4=N/C(=C\C(N2)C1C)[C@@H](C)[C@@H]4CCC(=O)O)C(CC)=C\3C. The zero-order chi connectivity index (χ0) is 32.0. The Balaban J connectivity index is 1.90. The first-order valence-corrected chi connectivity index (χ1v) is 14.9. The topological polar surface area (TPSA) is 164 Å². The number of fused-ring (bicyclic) bond motifs is 6. The number of nitrogens with zero attached hydrogens (tertiary/aromatic N) is 2. The molecule has 4 aliphatic heterocycles. The van der Waals surface area contributed by atoms with E-state index in [1.54, 1.807) is 6.92 Å². The summed E-state index contributed by atoms with van der Waals surface area (Å²) in [6, 6.07) is -0.161. The van der Waals surface area contributed by atoms with Gasteiger partial charge in [0.05, 0.1) is 40.5 Å². The molecule has 0 radical (unpaired) electrons. The van der Waals surface area contributed by atoms with Gasteiger partial charge in [-0.05, 0) is 67.2 Å². The Bertz CT molecular complexity index is 1810. The van der Waals surface area contributed by atoms with E-state index in [1.807, 2.05) is 45.1 Å². The standard InChI is InChI=1S/C34H38N4O6/c1-7-19-15(3)23-12-25-17(5)21(9-10-29(39)40)32(37-25)22(11-30(41)42)33-31(34(43)44)18(6)26(38-33)14-28-20(8-2)16(4)24(36-28)13-27(19)35-23/h7,12-15,17,21,23,35,38H,1,8-11H2,2-6H3,(H,39,40)(H,41,42)(H,43,44)/b24-13-,25-12-,26-14-,33-22-/t15?,17-,21-,23?/m0/s1. The van der Waals surface area contributed by atoms with Gasteiger partial charge in [-0.2, -0.15) is 0 Å². The van der Waals surface area contributed by atoms with E-state index in [4.69, 9.17) is 9.98 Å². The van der Waals surface area contributed by atoms with Crippen molar-refractivity contribution in [1.82, 2.24) is 10.3 Å². The Morgan fingerprint density at radius 1 is 1.02 bits per heavy atom. The van der Waals surface area contributed by atoms with Gasteiger partial charge in [0.1, 0.15) is 0 Å². The second-order valence-electron chi connectivity index (χ2n) is 11.8. The van der Waals surface area contributed by atoms with Crippen molar-refractivity contribution < 1.29 is 29.7 Å². The van der Waals surface area contributed by atoms with Crippen LogP contribution in [0.3, 0.4) is 0 Å². The van der Waals surface area contributed by atoms with Crippen LogP contribution in [-0.2, 0) is 9.59 Å². The zero-order valence-electron chi connectivity index (χ0n) is 25.6. The van der Waals surface area contributed by atoms with Gasteiger partial charge in [0, 0.05) is 46.5 Å². The minimum atomic E-state index is -1.20. The molecule has 0 saturated carbocycles. The maximum Gasteiger partial charge on any atom is 0.338 e. The Labute approximate surface area is 255 Å². The first-order chi connectivity index (χ1) is 20.9. The third kappa shape index (κ3) is 5.29. The predicted molar refractivity (Wildman–Crippen MR) is 169 cm³/mol. The molecule has 1 aromatic heterocycles. The number of H-pyrrole nitrogens is 1. The van der Waals surface area contributed by atoms with Crippen LogP contribution in [0.1, 0.15) is 69.3 Å². The molecule has 0 saturated heterocycles. The number of aliphatic carboxylic acids is 2. The van der Waals surface area contributed by atoms with Gasteiger partial charge in [0.15, 0.2) is 0 Å². The number of aromatic nitrogens is 1. The van der Waals surface area contributed by atoms with Gasteiger partial charge in [-0.15, -0.1) is 0 Å². The van der Waals surface area contributed by atoms with Gasteiger partial charge in [0.25, 0.3) is 0 Å². The largest absolute Gasteiger partial charge is 0.481 e. The van der Waals surface area contributed by atoms with Crippen molar-refractivity contribution in [1.29, 1.82) is 0 Å². The van der Waals surface area contributed by atoms with Gasteiger partial charge in [-0.1, -0.05) is 33.4 Å². The van der Waals surface area contributed by atoms with Crippen LogP contribution < -0.4 is 16.0 Å². The molecule has 4 aliphatic rings. The Hall–Kier alpha value is -4.73. The molecule has 44 heavy (non-hydrogen) atoms. The number of carboxylic acids is 3. The number of hydrogen-bond acceptors (Lipinski definition) is 6. The Kier molecular flexibility index (Phi) is 8.20. The van der Waals surface area contributed by atoms with Crippen molar-refractivity contribution >= 4 is 41.0 Å². The van der Waals surface area contributed by atoms with Crippen molar-refractivity contribution in [3.8, 4) is 0 Å². The van der Waals surface area contributed by atoms with E-state index < -0.39 is 30.2 Å². The number of aromatic carboxylic acids is 1. The summed E-state index contributed by atoms with van der Waals surface area (Å²) in [4.78, 5) is 49.8. The number of aliphatic imine (C=N–C) groups is 2. The lowest BCUT2D eigenvalue weighted by molar-refractivity contribution is -0.137. The number of carboxylic acid groups (broad SMARTS) is 3. The zero-order valence-corrected chi connectivity index (χ0v) is 25.6. The second-order valence-corrected chi connectivity index (χ2v) is 11.8. The minimum absolute atomic E-state index is 0.0343. The quantitative estimate of drug-likeness (QED) is 0.302. The normalized spacial score (nSPS) is 28.7. The first-order valence-electron chi connectivity index (χ1n) is 14.9. The summed E-state index contributed by atoms with van der Waals surface area (Å²) < 4.78 is 0. The molecule has 5 rings (SSSR count). The summed E-state index contributed by atoms with van der Waals surface area (Å²) in [5, 5.41) is 34.2. The monoisotopic (exact) mass is 598 g/mol. The molecule has 10 nitrogen and oxygen atoms in total. The van der Waals surface area contributed by atoms with Gasteiger partial charge in [0.2, 0.25) is 0 Å². The molecule has 2 unspecified atom stereocenters. The van der Waals surface area contributed by atoms with E-state index in [9.17, 15) is 29.7 Å². The number of rotatable bonds is 8. The van der Waals surface area contributed by atoms with E-state index in [0.29, 0.717) is 34.5 Å². The molecule has 5 N–H and O–H groups in total. The van der Waals surface area contributed by atoms with Crippen LogP contribution in [0.4, 0.5) is 0 Å². The molecule has 0 fully saturated rings. The van der Waals surface area contributed by atoms with Gasteiger partial charge < -0.3 is 25.6 Å². The lowest BCUT2D eigenvalue weighted by atomic mass is 9.82. The third-order valence-electron chi connectivity index (χ3n) is 9.32. The van der Waals surface area contributed by atoms with E-state index in [2.05, 4.69) is 23.8 Å². The number of hydrogen-bond donors (Lipinski definition) is 5. The maximum atomic E-state index is 12.7. The molecular formula is C34H38N4O6. The summed E-state index contributed by atoms with van der Waals surface area (Å²) >= 11 is 0. The van der Waals surface area contributed by atoms with E-state index in [-0.39, 0.29) is 47.2 Å². The van der Waals surface area contributed by atoms with Crippen LogP contribution in [0, 0.1) is 24.7 Å². The lowest BCUT2D eigenvalue weighted by Crippen LogP contribution is -2.28. The molecule has 8 bridgehead atoms. The van der Waals surface area contributed by atoms with Crippen molar-refractivity contribution in [2.45, 2.75) is 66.3 Å². The highest BCUT2D eigenvalue weighted by Gasteiger charge is 2.38. The summed E-state index contributed by atoms with van der Waals surface area (Å²) in [5.74, 6) is -3.95. The van der Waals surface area contributed by atoms with E-state index in [0.717, 1.165) is 28.1 Å². The summed E-state index contributed by atoms with van der Waals surface area (Å²) in [6.07, 6.45) is 8.02. The molecule has 1 aromatic rings. The highest BCUT2D eigenvalue weighted by atomic mass is 16.4. The molecule has 4 atom stereocenters. The minimum Gasteiger partial charge on any atom is -0.481 e.